The van der Waals surface area contributed by atoms with E-state index in [2.05, 4.69) is 53.7 Å². The van der Waals surface area contributed by atoms with Crippen LogP contribution in [0, 0.1) is 6.92 Å². The van der Waals surface area contributed by atoms with Crippen molar-refractivity contribution < 1.29 is 26.3 Å². The Hall–Kier alpha value is -5.18. The van der Waals surface area contributed by atoms with Gasteiger partial charge >= 0.3 is 0 Å². The molecule has 0 aliphatic rings. The summed E-state index contributed by atoms with van der Waals surface area (Å²) in [5.41, 5.74) is 4.17. The molecule has 57 heavy (non-hydrogen) atoms. The molecule has 0 saturated heterocycles. The Bertz CT molecular complexity index is 2520. The zero-order chi connectivity index (χ0) is 41.2. The van der Waals surface area contributed by atoms with Gasteiger partial charge in [-0.1, -0.05) is 108 Å². The second-order valence-electron chi connectivity index (χ2n) is 16.0. The van der Waals surface area contributed by atoms with Gasteiger partial charge in [-0.2, -0.15) is 0 Å². The number of sulfone groups is 2. The minimum Gasteiger partial charge on any atom is -0.483 e. The third-order valence-corrected chi connectivity index (χ3v) is 15.0. The first-order valence-electron chi connectivity index (χ1n) is 19.3. The van der Waals surface area contributed by atoms with Crippen molar-refractivity contribution >= 4 is 19.7 Å². The summed E-state index contributed by atoms with van der Waals surface area (Å²) in [4.78, 5) is 1.000. The fourth-order valence-electron chi connectivity index (χ4n) is 6.73. The van der Waals surface area contributed by atoms with E-state index < -0.39 is 25.3 Å². The summed E-state index contributed by atoms with van der Waals surface area (Å²) < 4.78 is 65.8. The lowest BCUT2D eigenvalue weighted by Crippen LogP contribution is -2.28. The molecular formula is C49H52O6S2. The molecule has 6 aromatic carbocycles. The molecule has 296 valence electrons. The summed E-state index contributed by atoms with van der Waals surface area (Å²) in [6.07, 6.45) is 1.63. The van der Waals surface area contributed by atoms with Gasteiger partial charge in [-0.3, -0.25) is 0 Å². The maximum absolute atomic E-state index is 13.4. The Morgan fingerprint density at radius 2 is 0.754 bits per heavy atom. The zero-order valence-electron chi connectivity index (χ0n) is 34.0. The van der Waals surface area contributed by atoms with Crippen molar-refractivity contribution in [2.75, 3.05) is 0 Å². The predicted octanol–water partition coefficient (Wildman–Crippen LogP) is 12.2. The van der Waals surface area contributed by atoms with Crippen molar-refractivity contribution in [3.05, 3.63) is 173 Å². The first-order valence-corrected chi connectivity index (χ1v) is 22.3. The van der Waals surface area contributed by atoms with E-state index >= 15 is 0 Å². The number of ether oxygens (including phenoxy) is 2. The average molecular weight is 801 g/mol. The molecule has 0 aliphatic carbocycles. The van der Waals surface area contributed by atoms with Crippen LogP contribution in [0.1, 0.15) is 89.1 Å². The van der Waals surface area contributed by atoms with Crippen LogP contribution in [-0.2, 0) is 36.1 Å². The second-order valence-corrected chi connectivity index (χ2v) is 19.9. The molecule has 6 nitrogen and oxygen atoms in total. The van der Waals surface area contributed by atoms with Crippen LogP contribution in [-0.4, -0.2) is 16.8 Å². The van der Waals surface area contributed by atoms with Gasteiger partial charge in [0.25, 0.3) is 0 Å². The average Bonchev–Trinajstić information content (AvgIpc) is 3.21. The molecule has 0 amide bonds. The molecule has 0 N–H and O–H groups in total. The van der Waals surface area contributed by atoms with Crippen LogP contribution in [0.4, 0.5) is 0 Å². The van der Waals surface area contributed by atoms with Crippen molar-refractivity contribution in [3.8, 4) is 17.2 Å². The highest BCUT2D eigenvalue weighted by atomic mass is 32.2. The number of hydrogen-bond acceptors (Lipinski definition) is 6. The van der Waals surface area contributed by atoms with Gasteiger partial charge in [-0.25, -0.2) is 16.8 Å². The molecule has 8 heteroatoms. The predicted molar refractivity (Wildman–Crippen MR) is 228 cm³/mol. The lowest BCUT2D eigenvalue weighted by Gasteiger charge is -2.31. The minimum atomic E-state index is -3.67. The molecule has 1 atom stereocenters. The summed E-state index contributed by atoms with van der Waals surface area (Å²) >= 11 is 0. The van der Waals surface area contributed by atoms with Crippen molar-refractivity contribution in [3.63, 3.8) is 0 Å². The normalized spacial score (nSPS) is 13.5. The lowest BCUT2D eigenvalue weighted by atomic mass is 9.78. The molecule has 0 aliphatic heterocycles. The van der Waals surface area contributed by atoms with E-state index in [1.807, 2.05) is 74.5 Å². The maximum Gasteiger partial charge on any atom is 0.206 e. The van der Waals surface area contributed by atoms with E-state index in [-0.39, 0.29) is 30.4 Å². The lowest BCUT2D eigenvalue weighted by molar-refractivity contribution is 0.0825. The smallest absolute Gasteiger partial charge is 0.206 e. The fourth-order valence-corrected chi connectivity index (χ4v) is 9.25. The fraction of sp³-hybridized carbons (Fsp3) is 0.265. The van der Waals surface area contributed by atoms with Crippen molar-refractivity contribution in [1.29, 1.82) is 0 Å². The van der Waals surface area contributed by atoms with Crippen LogP contribution in [0.5, 0.6) is 17.2 Å². The third-order valence-electron chi connectivity index (χ3n) is 11.5. The zero-order valence-corrected chi connectivity index (χ0v) is 35.7. The van der Waals surface area contributed by atoms with Gasteiger partial charge in [0.05, 0.1) is 19.6 Å². The molecule has 0 aromatic heterocycles. The Morgan fingerprint density at radius 1 is 0.421 bits per heavy atom. The van der Waals surface area contributed by atoms with Gasteiger partial charge in [-0.15, -0.1) is 0 Å². The highest BCUT2D eigenvalue weighted by molar-refractivity contribution is 7.91. The quantitative estimate of drug-likeness (QED) is 0.109. The van der Waals surface area contributed by atoms with Gasteiger partial charge < -0.3 is 9.47 Å². The van der Waals surface area contributed by atoms with E-state index in [0.717, 1.165) is 34.2 Å². The number of benzene rings is 6. The standard InChI is InChI=1S/C49H52O6S2/c1-9-47(4,5)36-17-29-44(30-18-36)57(52,53)46-33-25-41(26-34-46)54-40-21-13-37(14-22-40)48(6,7)38-15-23-42(24-16-38)55-49(8,10-2)39-19-31-45(32-20-39)56(50,51)43-27-11-35(3)12-28-43/h11-34H,9-10H2,1-8H3. The van der Waals surface area contributed by atoms with Gasteiger partial charge in [0.15, 0.2) is 0 Å². The first-order chi connectivity index (χ1) is 26.9. The van der Waals surface area contributed by atoms with E-state index in [0.29, 0.717) is 23.7 Å². The minimum absolute atomic E-state index is 0.0225. The molecule has 0 bridgehead atoms. The summed E-state index contributed by atoms with van der Waals surface area (Å²) in [5, 5.41) is 0. The van der Waals surface area contributed by atoms with Gasteiger partial charge in [-0.05, 0) is 139 Å². The summed E-state index contributed by atoms with van der Waals surface area (Å²) in [5.74, 6) is 1.90. The molecule has 0 radical (unpaired) electrons. The molecule has 0 saturated carbocycles. The first kappa shape index (κ1) is 41.5. The molecule has 0 fully saturated rings. The Labute approximate surface area is 339 Å². The van der Waals surface area contributed by atoms with Crippen molar-refractivity contribution in [2.24, 2.45) is 0 Å². The van der Waals surface area contributed by atoms with E-state index in [9.17, 15) is 16.8 Å². The highest BCUT2D eigenvalue weighted by Crippen LogP contribution is 2.37. The number of rotatable bonds is 14. The Kier molecular flexibility index (Phi) is 11.6. The Balaban J connectivity index is 1.10. The van der Waals surface area contributed by atoms with E-state index in [1.54, 1.807) is 72.8 Å². The molecular weight excluding hydrogens is 749 g/mol. The maximum atomic E-state index is 13.4. The number of aryl methyl sites for hydroxylation is 1. The summed E-state index contributed by atoms with van der Waals surface area (Å²) in [6.45, 7) is 16.8. The molecule has 6 rings (SSSR count). The monoisotopic (exact) mass is 800 g/mol. The van der Waals surface area contributed by atoms with Gasteiger partial charge in [0.2, 0.25) is 19.7 Å². The molecule has 0 spiro atoms. The molecule has 1 unspecified atom stereocenters. The van der Waals surface area contributed by atoms with Crippen molar-refractivity contribution in [1.82, 2.24) is 0 Å². The van der Waals surface area contributed by atoms with Crippen LogP contribution >= 0.6 is 0 Å². The van der Waals surface area contributed by atoms with Crippen LogP contribution < -0.4 is 9.47 Å². The SMILES string of the molecule is CCC(C)(C)c1ccc(S(=O)(=O)c2ccc(Oc3ccc(C(C)(C)c4ccc(OC(C)(CC)c5ccc(S(=O)(=O)c6ccc(C)cc6)cc5)cc4)cc3)cc2)cc1. The van der Waals surface area contributed by atoms with E-state index in [4.69, 9.17) is 9.47 Å². The largest absolute Gasteiger partial charge is 0.483 e. The third kappa shape index (κ3) is 8.73. The highest BCUT2D eigenvalue weighted by Gasteiger charge is 2.29. The number of hydrogen-bond donors (Lipinski definition) is 0. The topological polar surface area (TPSA) is 86.7 Å². The van der Waals surface area contributed by atoms with Gasteiger partial charge in [0, 0.05) is 5.41 Å². The van der Waals surface area contributed by atoms with Gasteiger partial charge in [0.1, 0.15) is 22.8 Å². The molecule has 0 heterocycles. The summed E-state index contributed by atoms with van der Waals surface area (Å²) in [6, 6.07) is 43.6. The van der Waals surface area contributed by atoms with Crippen LogP contribution in [0.2, 0.25) is 0 Å². The Morgan fingerprint density at radius 3 is 1.16 bits per heavy atom. The second kappa shape index (κ2) is 16.0. The van der Waals surface area contributed by atoms with Crippen molar-refractivity contribution in [2.45, 2.75) is 104 Å². The van der Waals surface area contributed by atoms with E-state index in [1.165, 1.54) is 0 Å². The van der Waals surface area contributed by atoms with Crippen LogP contribution in [0.3, 0.4) is 0 Å². The summed E-state index contributed by atoms with van der Waals surface area (Å²) in [7, 11) is -7.30. The van der Waals surface area contributed by atoms with Crippen LogP contribution in [0.25, 0.3) is 0 Å². The van der Waals surface area contributed by atoms with Crippen LogP contribution in [0.15, 0.2) is 165 Å². The molecule has 6 aromatic rings.